The standard InChI is InChI=1S/C20H23N3O3/c1-3-15-5-7-17(8-6-15)25-14-18-9-10-19(26-18)20(24)21-11-16-12-22-23(4-2)13-16/h5-10,12-13H,3-4,11,14H2,1-2H3,(H,21,24). The van der Waals surface area contributed by atoms with Crippen molar-refractivity contribution in [2.24, 2.45) is 0 Å². The topological polar surface area (TPSA) is 69.3 Å². The van der Waals surface area contributed by atoms with Crippen molar-refractivity contribution in [1.29, 1.82) is 0 Å². The Balaban J connectivity index is 1.50. The summed E-state index contributed by atoms with van der Waals surface area (Å²) >= 11 is 0. The summed E-state index contributed by atoms with van der Waals surface area (Å²) in [5, 5.41) is 7.00. The van der Waals surface area contributed by atoms with Gasteiger partial charge in [0.15, 0.2) is 5.76 Å². The maximum absolute atomic E-state index is 12.2. The van der Waals surface area contributed by atoms with E-state index >= 15 is 0 Å². The molecule has 1 aromatic carbocycles. The van der Waals surface area contributed by atoms with Crippen LogP contribution in [0, 0.1) is 0 Å². The van der Waals surface area contributed by atoms with Crippen molar-refractivity contribution in [3.8, 4) is 5.75 Å². The number of hydrogen-bond donors (Lipinski definition) is 1. The summed E-state index contributed by atoms with van der Waals surface area (Å²) in [4.78, 5) is 12.2. The van der Waals surface area contributed by atoms with Crippen LogP contribution < -0.4 is 10.1 Å². The molecule has 0 radical (unpaired) electrons. The molecule has 1 N–H and O–H groups in total. The predicted molar refractivity (Wildman–Crippen MR) is 97.9 cm³/mol. The van der Waals surface area contributed by atoms with E-state index in [0.29, 0.717) is 12.3 Å². The predicted octanol–water partition coefficient (Wildman–Crippen LogP) is 3.57. The Hall–Kier alpha value is -3.02. The van der Waals surface area contributed by atoms with E-state index < -0.39 is 0 Å². The van der Waals surface area contributed by atoms with Gasteiger partial charge in [0.25, 0.3) is 5.91 Å². The third kappa shape index (κ3) is 4.53. The first-order valence-electron chi connectivity index (χ1n) is 8.78. The summed E-state index contributed by atoms with van der Waals surface area (Å²) in [7, 11) is 0. The Kier molecular flexibility index (Phi) is 5.73. The van der Waals surface area contributed by atoms with Gasteiger partial charge in [-0.2, -0.15) is 5.10 Å². The Morgan fingerprint density at radius 1 is 1.15 bits per heavy atom. The van der Waals surface area contributed by atoms with E-state index in [9.17, 15) is 4.79 Å². The number of amides is 1. The monoisotopic (exact) mass is 353 g/mol. The molecular weight excluding hydrogens is 330 g/mol. The smallest absolute Gasteiger partial charge is 0.287 e. The van der Waals surface area contributed by atoms with E-state index in [0.717, 1.165) is 24.3 Å². The number of benzene rings is 1. The molecule has 6 nitrogen and oxygen atoms in total. The number of carbonyl (C=O) groups excluding carboxylic acids is 1. The van der Waals surface area contributed by atoms with Crippen LogP contribution in [-0.2, 0) is 26.1 Å². The molecule has 0 aliphatic rings. The first-order valence-corrected chi connectivity index (χ1v) is 8.78. The Bertz CT molecular complexity index is 849. The van der Waals surface area contributed by atoms with E-state index in [1.807, 2.05) is 42.1 Å². The van der Waals surface area contributed by atoms with Crippen LogP contribution in [0.5, 0.6) is 5.75 Å². The lowest BCUT2D eigenvalue weighted by atomic mass is 10.2. The molecule has 0 aliphatic heterocycles. The molecule has 3 aromatic rings. The number of nitrogens with zero attached hydrogens (tertiary/aromatic N) is 2. The second kappa shape index (κ2) is 8.38. The normalized spacial score (nSPS) is 10.7. The van der Waals surface area contributed by atoms with Crippen LogP contribution in [0.1, 0.15) is 41.3 Å². The number of furan rings is 1. The Morgan fingerprint density at radius 2 is 1.96 bits per heavy atom. The van der Waals surface area contributed by atoms with Crippen LogP contribution in [0.3, 0.4) is 0 Å². The van der Waals surface area contributed by atoms with Gasteiger partial charge in [-0.15, -0.1) is 0 Å². The molecule has 26 heavy (non-hydrogen) atoms. The minimum atomic E-state index is -0.257. The summed E-state index contributed by atoms with van der Waals surface area (Å²) in [5.74, 6) is 1.40. The average Bonchev–Trinajstić information content (AvgIpc) is 3.34. The lowest BCUT2D eigenvalue weighted by Gasteiger charge is -2.05. The lowest BCUT2D eigenvalue weighted by Crippen LogP contribution is -2.22. The molecule has 0 fully saturated rings. The van der Waals surface area contributed by atoms with Crippen molar-refractivity contribution in [3.63, 3.8) is 0 Å². The number of ether oxygens (including phenoxy) is 1. The highest BCUT2D eigenvalue weighted by molar-refractivity contribution is 5.91. The summed E-state index contributed by atoms with van der Waals surface area (Å²) in [6.45, 7) is 5.62. The fourth-order valence-corrected chi connectivity index (χ4v) is 2.49. The van der Waals surface area contributed by atoms with Crippen molar-refractivity contribution >= 4 is 5.91 Å². The first kappa shape index (κ1) is 17.8. The van der Waals surface area contributed by atoms with Crippen LogP contribution in [0.15, 0.2) is 53.2 Å². The van der Waals surface area contributed by atoms with E-state index in [-0.39, 0.29) is 18.3 Å². The van der Waals surface area contributed by atoms with Gasteiger partial charge in [0.2, 0.25) is 0 Å². The molecule has 0 spiro atoms. The summed E-state index contributed by atoms with van der Waals surface area (Å²) < 4.78 is 13.1. The Labute approximate surface area is 152 Å². The van der Waals surface area contributed by atoms with E-state index in [4.69, 9.17) is 9.15 Å². The number of carbonyl (C=O) groups is 1. The summed E-state index contributed by atoms with van der Waals surface area (Å²) in [6.07, 6.45) is 4.65. The average molecular weight is 353 g/mol. The number of nitrogens with one attached hydrogen (secondary N) is 1. The number of hydrogen-bond acceptors (Lipinski definition) is 4. The third-order valence-corrected chi connectivity index (χ3v) is 4.06. The second-order valence-electron chi connectivity index (χ2n) is 5.94. The molecule has 3 rings (SSSR count). The molecule has 0 bridgehead atoms. The van der Waals surface area contributed by atoms with Crippen LogP contribution in [-0.4, -0.2) is 15.7 Å². The molecule has 0 saturated carbocycles. The van der Waals surface area contributed by atoms with Crippen LogP contribution in [0.25, 0.3) is 0 Å². The second-order valence-corrected chi connectivity index (χ2v) is 5.94. The zero-order valence-corrected chi connectivity index (χ0v) is 15.1. The highest BCUT2D eigenvalue weighted by Crippen LogP contribution is 2.16. The molecule has 0 atom stereocenters. The molecule has 0 unspecified atom stereocenters. The lowest BCUT2D eigenvalue weighted by molar-refractivity contribution is 0.0919. The molecule has 2 aromatic heterocycles. The highest BCUT2D eigenvalue weighted by atomic mass is 16.5. The number of aromatic nitrogens is 2. The fourth-order valence-electron chi connectivity index (χ4n) is 2.49. The van der Waals surface area contributed by atoms with Gasteiger partial charge in [-0.1, -0.05) is 19.1 Å². The zero-order valence-electron chi connectivity index (χ0n) is 15.1. The van der Waals surface area contributed by atoms with Crippen molar-refractivity contribution in [2.45, 2.75) is 40.0 Å². The van der Waals surface area contributed by atoms with Gasteiger partial charge in [0, 0.05) is 24.8 Å². The SMILES string of the molecule is CCc1ccc(OCc2ccc(C(=O)NCc3cnn(CC)c3)o2)cc1. The third-order valence-electron chi connectivity index (χ3n) is 4.06. The largest absolute Gasteiger partial charge is 0.486 e. The molecule has 136 valence electrons. The fraction of sp³-hybridized carbons (Fsp3) is 0.300. The van der Waals surface area contributed by atoms with Gasteiger partial charge in [0.05, 0.1) is 6.20 Å². The van der Waals surface area contributed by atoms with Gasteiger partial charge in [-0.25, -0.2) is 0 Å². The van der Waals surface area contributed by atoms with Crippen molar-refractivity contribution in [1.82, 2.24) is 15.1 Å². The molecule has 6 heteroatoms. The van der Waals surface area contributed by atoms with E-state index in [2.05, 4.69) is 17.3 Å². The van der Waals surface area contributed by atoms with Crippen molar-refractivity contribution in [3.05, 3.63) is 71.4 Å². The first-order chi connectivity index (χ1) is 12.7. The van der Waals surface area contributed by atoms with Crippen molar-refractivity contribution < 1.29 is 13.9 Å². The molecule has 1 amide bonds. The quantitative estimate of drug-likeness (QED) is 0.672. The molecule has 2 heterocycles. The van der Waals surface area contributed by atoms with Gasteiger partial charge >= 0.3 is 0 Å². The van der Waals surface area contributed by atoms with Crippen LogP contribution in [0.2, 0.25) is 0 Å². The van der Waals surface area contributed by atoms with Gasteiger partial charge in [-0.05, 0) is 43.2 Å². The van der Waals surface area contributed by atoms with Crippen LogP contribution in [0.4, 0.5) is 0 Å². The summed E-state index contributed by atoms with van der Waals surface area (Å²) in [6, 6.07) is 11.4. The maximum Gasteiger partial charge on any atom is 0.287 e. The van der Waals surface area contributed by atoms with Gasteiger partial charge in [-0.3, -0.25) is 9.48 Å². The maximum atomic E-state index is 12.2. The minimum Gasteiger partial charge on any atom is -0.486 e. The summed E-state index contributed by atoms with van der Waals surface area (Å²) in [5.41, 5.74) is 2.21. The number of rotatable bonds is 8. The zero-order chi connectivity index (χ0) is 18.4. The van der Waals surface area contributed by atoms with Crippen molar-refractivity contribution in [2.75, 3.05) is 0 Å². The minimum absolute atomic E-state index is 0.257. The van der Waals surface area contributed by atoms with E-state index in [1.165, 1.54) is 5.56 Å². The number of aryl methyl sites for hydroxylation is 2. The molecular formula is C20H23N3O3. The molecule has 0 aliphatic carbocycles. The van der Waals surface area contributed by atoms with E-state index in [1.54, 1.807) is 18.3 Å². The Morgan fingerprint density at radius 3 is 2.65 bits per heavy atom. The van der Waals surface area contributed by atoms with Gasteiger partial charge in [0.1, 0.15) is 18.1 Å². The highest BCUT2D eigenvalue weighted by Gasteiger charge is 2.12. The molecule has 0 saturated heterocycles. The van der Waals surface area contributed by atoms with Crippen LogP contribution >= 0.6 is 0 Å². The van der Waals surface area contributed by atoms with Gasteiger partial charge < -0.3 is 14.5 Å².